The number of furan rings is 1. The number of carbonyl (C=O) groups is 1. The Hall–Kier alpha value is -3.27. The van der Waals surface area contributed by atoms with Crippen molar-refractivity contribution in [3.05, 3.63) is 78.4 Å². The highest BCUT2D eigenvalue weighted by molar-refractivity contribution is 6.06. The van der Waals surface area contributed by atoms with E-state index in [0.717, 1.165) is 27.5 Å². The number of hydrogen-bond acceptors (Lipinski definition) is 3. The molecule has 0 atom stereocenters. The van der Waals surface area contributed by atoms with E-state index in [4.69, 9.17) is 9.15 Å². The fraction of sp³-hybridized carbons (Fsp3) is 0.0500. The van der Waals surface area contributed by atoms with E-state index in [2.05, 4.69) is 5.32 Å². The Labute approximate surface area is 138 Å². The smallest absolute Gasteiger partial charge is 0.411 e. The highest BCUT2D eigenvalue weighted by Gasteiger charge is 2.09. The van der Waals surface area contributed by atoms with Gasteiger partial charge >= 0.3 is 6.09 Å². The highest BCUT2D eigenvalue weighted by atomic mass is 16.5. The van der Waals surface area contributed by atoms with Crippen LogP contribution in [0.1, 0.15) is 5.56 Å². The van der Waals surface area contributed by atoms with E-state index in [1.54, 1.807) is 6.07 Å². The van der Waals surface area contributed by atoms with Gasteiger partial charge in [-0.2, -0.15) is 0 Å². The van der Waals surface area contributed by atoms with Crippen LogP contribution in [0.2, 0.25) is 0 Å². The highest BCUT2D eigenvalue weighted by Crippen LogP contribution is 2.30. The summed E-state index contributed by atoms with van der Waals surface area (Å²) in [5.74, 6) is 0. The quantitative estimate of drug-likeness (QED) is 0.555. The lowest BCUT2D eigenvalue weighted by Crippen LogP contribution is -2.13. The second kappa shape index (κ2) is 6.08. The SMILES string of the molecule is O=C(Nc1ccc2oc3ccccc3c2c1)OCc1ccccc1. The number of para-hydroxylation sites is 1. The fourth-order valence-electron chi connectivity index (χ4n) is 2.68. The van der Waals surface area contributed by atoms with Gasteiger partial charge in [-0.15, -0.1) is 0 Å². The van der Waals surface area contributed by atoms with Crippen LogP contribution in [0.4, 0.5) is 10.5 Å². The molecule has 0 saturated heterocycles. The van der Waals surface area contributed by atoms with Crippen LogP contribution in [0.25, 0.3) is 21.9 Å². The topological polar surface area (TPSA) is 51.5 Å². The molecule has 0 unspecified atom stereocenters. The fourth-order valence-corrected chi connectivity index (χ4v) is 2.68. The number of carbonyl (C=O) groups excluding carboxylic acids is 1. The van der Waals surface area contributed by atoms with Crippen molar-refractivity contribution in [2.45, 2.75) is 6.61 Å². The van der Waals surface area contributed by atoms with Gasteiger partial charge in [0.2, 0.25) is 0 Å². The number of hydrogen-bond donors (Lipinski definition) is 1. The molecule has 4 heteroatoms. The summed E-state index contributed by atoms with van der Waals surface area (Å²) in [6.07, 6.45) is -0.481. The third-order valence-corrected chi connectivity index (χ3v) is 3.84. The number of amides is 1. The molecule has 4 aromatic rings. The van der Waals surface area contributed by atoms with Gasteiger partial charge in [0.1, 0.15) is 17.8 Å². The molecule has 1 aromatic heterocycles. The average Bonchev–Trinajstić information content (AvgIpc) is 2.99. The van der Waals surface area contributed by atoms with E-state index in [-0.39, 0.29) is 6.61 Å². The lowest BCUT2D eigenvalue weighted by atomic mass is 10.1. The Morgan fingerprint density at radius 2 is 1.62 bits per heavy atom. The van der Waals surface area contributed by atoms with E-state index < -0.39 is 6.09 Å². The van der Waals surface area contributed by atoms with Gasteiger partial charge in [0.15, 0.2) is 0 Å². The number of ether oxygens (including phenoxy) is 1. The minimum Gasteiger partial charge on any atom is -0.456 e. The maximum absolute atomic E-state index is 12.0. The van der Waals surface area contributed by atoms with E-state index in [0.29, 0.717) is 5.69 Å². The Morgan fingerprint density at radius 1 is 0.875 bits per heavy atom. The van der Waals surface area contributed by atoms with Crippen LogP contribution < -0.4 is 5.32 Å². The van der Waals surface area contributed by atoms with E-state index >= 15 is 0 Å². The maximum Gasteiger partial charge on any atom is 0.411 e. The van der Waals surface area contributed by atoms with Crippen LogP contribution in [0, 0.1) is 0 Å². The summed E-state index contributed by atoms with van der Waals surface area (Å²) in [4.78, 5) is 12.0. The third-order valence-electron chi connectivity index (χ3n) is 3.84. The molecule has 0 aliphatic heterocycles. The van der Waals surface area contributed by atoms with E-state index in [9.17, 15) is 4.79 Å². The van der Waals surface area contributed by atoms with E-state index in [1.807, 2.05) is 66.7 Å². The Bertz CT molecular complexity index is 1010. The first-order chi connectivity index (χ1) is 11.8. The first-order valence-electron chi connectivity index (χ1n) is 7.68. The van der Waals surface area contributed by atoms with Crippen LogP contribution in [0.5, 0.6) is 0 Å². The summed E-state index contributed by atoms with van der Waals surface area (Å²) in [5.41, 5.74) is 3.24. The standard InChI is InChI=1S/C20H15NO3/c22-20(23-13-14-6-2-1-3-7-14)21-15-10-11-19-17(12-15)16-8-4-5-9-18(16)24-19/h1-12H,13H2,(H,21,22). The second-order valence-electron chi connectivity index (χ2n) is 5.50. The number of fused-ring (bicyclic) bond motifs is 3. The first kappa shape index (κ1) is 14.3. The van der Waals surface area contributed by atoms with Gasteiger partial charge in [0.05, 0.1) is 0 Å². The van der Waals surface area contributed by atoms with Gasteiger partial charge in [0.25, 0.3) is 0 Å². The molecule has 3 aromatic carbocycles. The van der Waals surface area contributed by atoms with Crippen molar-refractivity contribution in [2.24, 2.45) is 0 Å². The maximum atomic E-state index is 12.0. The normalized spacial score (nSPS) is 10.8. The molecule has 0 aliphatic carbocycles. The molecular weight excluding hydrogens is 302 g/mol. The van der Waals surface area contributed by atoms with Gasteiger partial charge in [-0.25, -0.2) is 4.79 Å². The van der Waals surface area contributed by atoms with Gasteiger partial charge in [-0.1, -0.05) is 48.5 Å². The Morgan fingerprint density at radius 3 is 2.50 bits per heavy atom. The molecular formula is C20H15NO3. The van der Waals surface area contributed by atoms with Crippen molar-refractivity contribution in [1.82, 2.24) is 0 Å². The monoisotopic (exact) mass is 317 g/mol. The Kier molecular flexibility index (Phi) is 3.63. The molecule has 1 amide bonds. The Balaban J connectivity index is 1.51. The number of anilines is 1. The molecule has 1 N–H and O–H groups in total. The van der Waals surface area contributed by atoms with Gasteiger partial charge in [-0.05, 0) is 29.8 Å². The summed E-state index contributed by atoms with van der Waals surface area (Å²) >= 11 is 0. The molecule has 24 heavy (non-hydrogen) atoms. The number of nitrogens with one attached hydrogen (secondary N) is 1. The molecule has 1 heterocycles. The summed E-state index contributed by atoms with van der Waals surface area (Å²) in [6.45, 7) is 0.240. The minimum absolute atomic E-state index is 0.240. The van der Waals surface area contributed by atoms with Crippen LogP contribution in [0.15, 0.2) is 77.2 Å². The molecule has 0 bridgehead atoms. The summed E-state index contributed by atoms with van der Waals surface area (Å²) in [7, 11) is 0. The zero-order valence-corrected chi connectivity index (χ0v) is 12.9. The summed E-state index contributed by atoms with van der Waals surface area (Å²) < 4.78 is 11.0. The second-order valence-corrected chi connectivity index (χ2v) is 5.50. The molecule has 0 aliphatic rings. The van der Waals surface area contributed by atoms with Gasteiger partial charge < -0.3 is 9.15 Å². The van der Waals surface area contributed by atoms with Gasteiger partial charge in [0, 0.05) is 16.5 Å². The molecule has 0 radical (unpaired) electrons. The lowest BCUT2D eigenvalue weighted by molar-refractivity contribution is 0.155. The minimum atomic E-state index is -0.481. The zero-order valence-electron chi connectivity index (χ0n) is 12.9. The predicted octanol–water partition coefficient (Wildman–Crippen LogP) is 5.33. The van der Waals surface area contributed by atoms with Crippen molar-refractivity contribution < 1.29 is 13.9 Å². The predicted molar refractivity (Wildman–Crippen MR) is 94.0 cm³/mol. The molecule has 0 saturated carbocycles. The van der Waals surface area contributed by atoms with Gasteiger partial charge in [-0.3, -0.25) is 5.32 Å². The van der Waals surface area contributed by atoms with Crippen LogP contribution in [-0.4, -0.2) is 6.09 Å². The van der Waals surface area contributed by atoms with Crippen LogP contribution in [0.3, 0.4) is 0 Å². The molecule has 118 valence electrons. The van der Waals surface area contributed by atoms with Crippen molar-refractivity contribution >= 4 is 33.7 Å². The zero-order chi connectivity index (χ0) is 16.4. The van der Waals surface area contributed by atoms with Crippen molar-refractivity contribution in [1.29, 1.82) is 0 Å². The van der Waals surface area contributed by atoms with Crippen molar-refractivity contribution in [3.8, 4) is 0 Å². The number of rotatable bonds is 3. The largest absolute Gasteiger partial charge is 0.456 e. The van der Waals surface area contributed by atoms with Crippen LogP contribution >= 0.6 is 0 Å². The average molecular weight is 317 g/mol. The van der Waals surface area contributed by atoms with Crippen molar-refractivity contribution in [3.63, 3.8) is 0 Å². The molecule has 0 spiro atoms. The summed E-state index contributed by atoms with van der Waals surface area (Å²) in [6, 6.07) is 22.9. The first-order valence-corrected chi connectivity index (χ1v) is 7.68. The third kappa shape index (κ3) is 2.82. The van der Waals surface area contributed by atoms with Crippen LogP contribution in [-0.2, 0) is 11.3 Å². The number of benzene rings is 3. The lowest BCUT2D eigenvalue weighted by Gasteiger charge is -2.07. The molecule has 4 nitrogen and oxygen atoms in total. The molecule has 4 rings (SSSR count). The van der Waals surface area contributed by atoms with Crippen molar-refractivity contribution in [2.75, 3.05) is 5.32 Å². The summed E-state index contributed by atoms with van der Waals surface area (Å²) in [5, 5.41) is 4.74. The van der Waals surface area contributed by atoms with E-state index in [1.165, 1.54) is 0 Å². The molecule has 0 fully saturated rings.